The van der Waals surface area contributed by atoms with Gasteiger partial charge in [0.25, 0.3) is 0 Å². The molecule has 0 radical (unpaired) electrons. The Morgan fingerprint density at radius 2 is 1.89 bits per heavy atom. The molecule has 6 atom stereocenters. The molecule has 0 aromatic carbocycles. The summed E-state index contributed by atoms with van der Waals surface area (Å²) < 4.78 is 0. The highest BCUT2D eigenvalue weighted by atomic mass is 16.1. The van der Waals surface area contributed by atoms with Gasteiger partial charge in [0.05, 0.1) is 0 Å². The van der Waals surface area contributed by atoms with Crippen LogP contribution in [0.4, 0.5) is 0 Å². The zero-order chi connectivity index (χ0) is 13.4. The van der Waals surface area contributed by atoms with Crippen molar-refractivity contribution < 1.29 is 9.59 Å². The maximum Gasteiger partial charge on any atom is 0.140 e. The van der Waals surface area contributed by atoms with Gasteiger partial charge < -0.3 is 0 Å². The number of hydrogen-bond acceptors (Lipinski definition) is 2. The topological polar surface area (TPSA) is 34.1 Å². The summed E-state index contributed by atoms with van der Waals surface area (Å²) in [4.78, 5) is 25.3. The van der Waals surface area contributed by atoms with Crippen molar-refractivity contribution in [2.24, 2.45) is 34.5 Å². The number of Topliss-reactive ketones (excluding diaryl/α,β-unsaturated/α-hetero) is 2. The molecule has 0 bridgehead atoms. The Kier molecular flexibility index (Phi) is 2.23. The van der Waals surface area contributed by atoms with Crippen LogP contribution in [0.1, 0.15) is 58.8 Å². The average molecular weight is 260 g/mol. The molecule has 2 heteroatoms. The van der Waals surface area contributed by atoms with E-state index in [0.29, 0.717) is 42.2 Å². The van der Waals surface area contributed by atoms with Crippen molar-refractivity contribution >= 4 is 11.6 Å². The highest BCUT2D eigenvalue weighted by Gasteiger charge is 2.78. The van der Waals surface area contributed by atoms with Crippen LogP contribution in [0.5, 0.6) is 0 Å². The van der Waals surface area contributed by atoms with E-state index < -0.39 is 0 Å². The van der Waals surface area contributed by atoms with Gasteiger partial charge in [0.15, 0.2) is 0 Å². The summed E-state index contributed by atoms with van der Waals surface area (Å²) >= 11 is 0. The maximum atomic E-state index is 13.0. The minimum absolute atomic E-state index is 0.0724. The van der Waals surface area contributed by atoms with E-state index in [1.165, 1.54) is 19.3 Å². The van der Waals surface area contributed by atoms with Crippen molar-refractivity contribution in [3.63, 3.8) is 0 Å². The number of hydrogen-bond donors (Lipinski definition) is 0. The second-order valence-electron chi connectivity index (χ2n) is 7.54. The third-order valence-corrected chi connectivity index (χ3v) is 7.65. The molecule has 4 fully saturated rings. The second kappa shape index (κ2) is 3.51. The molecule has 4 saturated carbocycles. The summed E-state index contributed by atoms with van der Waals surface area (Å²) in [7, 11) is 0. The summed E-state index contributed by atoms with van der Waals surface area (Å²) in [5, 5.41) is 0. The highest BCUT2D eigenvalue weighted by Crippen LogP contribution is 2.78. The molecule has 0 N–H and O–H groups in total. The Morgan fingerprint density at radius 3 is 2.63 bits per heavy atom. The van der Waals surface area contributed by atoms with E-state index in [1.807, 2.05) is 0 Å². The lowest BCUT2D eigenvalue weighted by molar-refractivity contribution is -0.138. The van der Waals surface area contributed by atoms with Crippen molar-refractivity contribution in [1.82, 2.24) is 0 Å². The maximum absolute atomic E-state index is 13.0. The summed E-state index contributed by atoms with van der Waals surface area (Å²) in [6.45, 7) is 4.38. The molecule has 0 amide bonds. The standard InChI is InChI=1S/C17H24O2/c1-3-11-4-5-12-6-7-16-10(2)14(18)8-13(16)9-15(19)17(11,12)16/h10-13H,3-9H2,1-2H3/t10-,11+,12+,13?,16?,17+/m1/s1. The Labute approximate surface area is 115 Å². The van der Waals surface area contributed by atoms with Gasteiger partial charge in [-0.3, -0.25) is 9.59 Å². The van der Waals surface area contributed by atoms with Crippen molar-refractivity contribution in [1.29, 1.82) is 0 Å². The van der Waals surface area contributed by atoms with E-state index in [1.54, 1.807) is 0 Å². The fourth-order valence-corrected chi connectivity index (χ4v) is 7.19. The van der Waals surface area contributed by atoms with E-state index >= 15 is 0 Å². The van der Waals surface area contributed by atoms with Gasteiger partial charge >= 0.3 is 0 Å². The van der Waals surface area contributed by atoms with Gasteiger partial charge in [-0.15, -0.1) is 0 Å². The lowest BCUT2D eigenvalue weighted by Crippen LogP contribution is -2.48. The number of carbonyl (C=O) groups excluding carboxylic acids is 2. The lowest BCUT2D eigenvalue weighted by Gasteiger charge is -2.46. The van der Waals surface area contributed by atoms with Gasteiger partial charge in [-0.2, -0.15) is 0 Å². The minimum atomic E-state index is -0.0853. The SMILES string of the molecule is CC[C@H]1CC[C@H]2CCC34C(CC(=O)[C@H]3C)CC(=O)[C@@]214. The predicted molar refractivity (Wildman–Crippen MR) is 72.5 cm³/mol. The van der Waals surface area contributed by atoms with Crippen LogP contribution >= 0.6 is 0 Å². The Balaban J connectivity index is 1.94. The smallest absolute Gasteiger partial charge is 0.140 e. The molecule has 4 aliphatic rings. The first-order chi connectivity index (χ1) is 9.09. The summed E-state index contributed by atoms with van der Waals surface area (Å²) in [6, 6.07) is 0. The summed E-state index contributed by atoms with van der Waals surface area (Å²) in [5.41, 5.74) is -0.0129. The number of rotatable bonds is 1. The fourth-order valence-electron chi connectivity index (χ4n) is 7.19. The predicted octanol–water partition coefficient (Wildman–Crippen LogP) is 3.39. The number of carbonyl (C=O) groups is 2. The normalized spacial score (nSPS) is 55.5. The van der Waals surface area contributed by atoms with E-state index in [9.17, 15) is 9.59 Å². The second-order valence-corrected chi connectivity index (χ2v) is 7.54. The van der Waals surface area contributed by atoms with Gasteiger partial charge in [-0.1, -0.05) is 20.3 Å². The average Bonchev–Trinajstić information content (AvgIpc) is 3.03. The highest BCUT2D eigenvalue weighted by molar-refractivity contribution is 5.96. The zero-order valence-corrected chi connectivity index (χ0v) is 12.1. The molecule has 104 valence electrons. The van der Waals surface area contributed by atoms with E-state index in [0.717, 1.165) is 12.8 Å². The van der Waals surface area contributed by atoms with Crippen LogP contribution in [-0.4, -0.2) is 11.6 Å². The van der Waals surface area contributed by atoms with Gasteiger partial charge in [0.1, 0.15) is 11.6 Å². The van der Waals surface area contributed by atoms with Crippen molar-refractivity contribution in [2.75, 3.05) is 0 Å². The Hall–Kier alpha value is -0.660. The molecule has 0 aromatic heterocycles. The Bertz CT molecular complexity index is 468. The van der Waals surface area contributed by atoms with Crippen LogP contribution < -0.4 is 0 Å². The first-order valence-electron chi connectivity index (χ1n) is 8.15. The van der Waals surface area contributed by atoms with Crippen LogP contribution in [0.3, 0.4) is 0 Å². The summed E-state index contributed by atoms with van der Waals surface area (Å²) in [5.74, 6) is 2.68. The summed E-state index contributed by atoms with van der Waals surface area (Å²) in [6.07, 6.45) is 7.34. The quantitative estimate of drug-likeness (QED) is 0.724. The fraction of sp³-hybridized carbons (Fsp3) is 0.882. The van der Waals surface area contributed by atoms with Crippen LogP contribution in [0, 0.1) is 34.5 Å². The van der Waals surface area contributed by atoms with Crippen molar-refractivity contribution in [3.8, 4) is 0 Å². The van der Waals surface area contributed by atoms with E-state index in [-0.39, 0.29) is 16.7 Å². The van der Waals surface area contributed by atoms with Gasteiger partial charge in [-0.25, -0.2) is 0 Å². The lowest BCUT2D eigenvalue weighted by atomic mass is 9.55. The first-order valence-corrected chi connectivity index (χ1v) is 8.15. The van der Waals surface area contributed by atoms with Crippen LogP contribution in [0.25, 0.3) is 0 Å². The first kappa shape index (κ1) is 12.1. The third-order valence-electron chi connectivity index (χ3n) is 7.65. The molecule has 2 nitrogen and oxygen atoms in total. The minimum Gasteiger partial charge on any atom is -0.299 e. The van der Waals surface area contributed by atoms with Crippen molar-refractivity contribution in [2.45, 2.75) is 58.8 Å². The van der Waals surface area contributed by atoms with Crippen LogP contribution in [0.15, 0.2) is 0 Å². The van der Waals surface area contributed by atoms with E-state index in [2.05, 4.69) is 13.8 Å². The molecule has 2 spiro atoms. The van der Waals surface area contributed by atoms with E-state index in [4.69, 9.17) is 0 Å². The third kappa shape index (κ3) is 1.02. The zero-order valence-electron chi connectivity index (χ0n) is 12.1. The largest absolute Gasteiger partial charge is 0.299 e. The van der Waals surface area contributed by atoms with Crippen LogP contribution in [0.2, 0.25) is 0 Å². The molecular weight excluding hydrogens is 236 g/mol. The molecule has 4 rings (SSSR count). The number of ketones is 2. The molecule has 19 heavy (non-hydrogen) atoms. The molecular formula is C17H24O2. The van der Waals surface area contributed by atoms with Crippen LogP contribution in [-0.2, 0) is 9.59 Å². The molecule has 0 saturated heterocycles. The van der Waals surface area contributed by atoms with Gasteiger partial charge in [0.2, 0.25) is 0 Å². The van der Waals surface area contributed by atoms with Crippen molar-refractivity contribution in [3.05, 3.63) is 0 Å². The molecule has 0 heterocycles. The molecule has 0 aliphatic heterocycles. The van der Waals surface area contributed by atoms with Gasteiger partial charge in [0, 0.05) is 24.2 Å². The molecule has 0 aromatic rings. The monoisotopic (exact) mass is 260 g/mol. The van der Waals surface area contributed by atoms with Gasteiger partial charge in [-0.05, 0) is 48.9 Å². The Morgan fingerprint density at radius 1 is 1.11 bits per heavy atom. The molecule has 4 aliphatic carbocycles. The molecule has 2 unspecified atom stereocenters.